The number of benzene rings is 1. The largest absolute Gasteiger partial charge is 0.340 e. The number of fused-ring (bicyclic) bond motifs is 1. The lowest BCUT2D eigenvalue weighted by Gasteiger charge is -2.44. The van der Waals surface area contributed by atoms with Crippen molar-refractivity contribution in [2.24, 2.45) is 13.0 Å². The molecule has 3 atom stereocenters. The fraction of sp³-hybridized carbons (Fsp3) is 0.579. The van der Waals surface area contributed by atoms with Gasteiger partial charge in [0.2, 0.25) is 5.95 Å². The Morgan fingerprint density at radius 2 is 1.89 bits per heavy atom. The number of halogens is 1. The Kier molecular flexibility index (Phi) is 4.05. The summed E-state index contributed by atoms with van der Waals surface area (Å²) < 4.78 is 16.3. The molecule has 2 saturated heterocycles. The molecule has 3 heterocycles. The van der Waals surface area contributed by atoms with E-state index in [1.165, 1.54) is 0 Å². The molecule has 3 unspecified atom stereocenters. The highest BCUT2D eigenvalue weighted by molar-refractivity contribution is 5.82. The molecule has 3 aliphatic rings. The predicted octanol–water partition coefficient (Wildman–Crippen LogP) is 0.815. The number of rotatable bonds is 3. The highest BCUT2D eigenvalue weighted by atomic mass is 19.1. The number of piperazine rings is 1. The minimum Gasteiger partial charge on any atom is -0.340 e. The van der Waals surface area contributed by atoms with Crippen LogP contribution in [0, 0.1) is 5.92 Å². The average molecular weight is 372 g/mol. The van der Waals surface area contributed by atoms with Crippen molar-refractivity contribution in [1.82, 2.24) is 25.1 Å². The van der Waals surface area contributed by atoms with Crippen LogP contribution in [-0.2, 0) is 11.8 Å². The van der Waals surface area contributed by atoms with Crippen LogP contribution in [0.4, 0.5) is 10.3 Å². The van der Waals surface area contributed by atoms with Gasteiger partial charge in [0.15, 0.2) is 6.17 Å². The number of para-hydroxylation sites is 2. The first-order chi connectivity index (χ1) is 13.1. The van der Waals surface area contributed by atoms with Gasteiger partial charge in [0, 0.05) is 33.2 Å². The van der Waals surface area contributed by atoms with Crippen molar-refractivity contribution in [2.45, 2.75) is 31.3 Å². The van der Waals surface area contributed by atoms with E-state index in [1.807, 2.05) is 25.2 Å². The van der Waals surface area contributed by atoms with Crippen LogP contribution in [0.1, 0.15) is 12.8 Å². The second-order valence-corrected chi connectivity index (χ2v) is 7.83. The SMILES string of the molecule is Cn1c(N2CCN(C3NC(=O)C(F)C(C4CC4)N3)CC2)nc2ccccc21. The highest BCUT2D eigenvalue weighted by Crippen LogP contribution is 2.36. The van der Waals surface area contributed by atoms with Crippen LogP contribution >= 0.6 is 0 Å². The number of nitrogens with one attached hydrogen (secondary N) is 2. The van der Waals surface area contributed by atoms with E-state index in [0.29, 0.717) is 5.92 Å². The summed E-state index contributed by atoms with van der Waals surface area (Å²) in [5.74, 6) is 0.791. The molecule has 2 aromatic rings. The number of imidazole rings is 1. The van der Waals surface area contributed by atoms with Gasteiger partial charge in [-0.05, 0) is 30.9 Å². The van der Waals surface area contributed by atoms with Crippen molar-refractivity contribution in [3.8, 4) is 0 Å². The maximum atomic E-state index is 14.2. The lowest BCUT2D eigenvalue weighted by molar-refractivity contribution is -0.134. The van der Waals surface area contributed by atoms with Gasteiger partial charge in [-0.2, -0.15) is 0 Å². The van der Waals surface area contributed by atoms with E-state index in [1.54, 1.807) is 0 Å². The first-order valence-corrected chi connectivity index (χ1v) is 9.73. The summed E-state index contributed by atoms with van der Waals surface area (Å²) in [6.07, 6.45) is 0.310. The summed E-state index contributed by atoms with van der Waals surface area (Å²) in [6, 6.07) is 7.79. The van der Waals surface area contributed by atoms with Gasteiger partial charge in [-0.1, -0.05) is 12.1 Å². The van der Waals surface area contributed by atoms with Crippen molar-refractivity contribution in [1.29, 1.82) is 0 Å². The van der Waals surface area contributed by atoms with Crippen molar-refractivity contribution in [3.63, 3.8) is 0 Å². The lowest BCUT2D eigenvalue weighted by atomic mass is 10.0. The van der Waals surface area contributed by atoms with Gasteiger partial charge in [0.05, 0.1) is 17.1 Å². The van der Waals surface area contributed by atoms with Crippen LogP contribution in [0.25, 0.3) is 11.0 Å². The van der Waals surface area contributed by atoms with E-state index in [0.717, 1.165) is 56.0 Å². The number of aryl methyl sites for hydroxylation is 1. The van der Waals surface area contributed by atoms with Gasteiger partial charge in [0.25, 0.3) is 5.91 Å². The van der Waals surface area contributed by atoms with E-state index in [9.17, 15) is 9.18 Å². The van der Waals surface area contributed by atoms with Crippen molar-refractivity contribution < 1.29 is 9.18 Å². The normalized spacial score (nSPS) is 29.9. The van der Waals surface area contributed by atoms with Crippen molar-refractivity contribution in [3.05, 3.63) is 24.3 Å². The Balaban J connectivity index is 1.27. The van der Waals surface area contributed by atoms with Crippen LogP contribution in [-0.4, -0.2) is 65.0 Å². The minimum absolute atomic E-state index is 0.280. The van der Waals surface area contributed by atoms with Crippen LogP contribution < -0.4 is 15.5 Å². The number of anilines is 1. The molecule has 1 saturated carbocycles. The van der Waals surface area contributed by atoms with Crippen molar-refractivity contribution >= 4 is 22.9 Å². The predicted molar refractivity (Wildman–Crippen MR) is 101 cm³/mol. The molecule has 1 aromatic heterocycles. The Bertz CT molecular complexity index is 857. The smallest absolute Gasteiger partial charge is 0.258 e. The highest BCUT2D eigenvalue weighted by Gasteiger charge is 2.46. The van der Waals surface area contributed by atoms with Gasteiger partial charge in [-0.25, -0.2) is 9.37 Å². The molecule has 2 N–H and O–H groups in total. The number of hydrogen-bond acceptors (Lipinski definition) is 5. The molecular formula is C19H25FN6O. The van der Waals surface area contributed by atoms with Crippen LogP contribution in [0.15, 0.2) is 24.3 Å². The Labute approximate surface area is 157 Å². The lowest BCUT2D eigenvalue weighted by Crippen LogP contribution is -2.70. The third kappa shape index (κ3) is 2.96. The van der Waals surface area contributed by atoms with E-state index < -0.39 is 12.1 Å². The van der Waals surface area contributed by atoms with E-state index >= 15 is 0 Å². The molecule has 0 radical (unpaired) electrons. The van der Waals surface area contributed by atoms with Crippen LogP contribution in [0.2, 0.25) is 0 Å². The molecule has 3 fully saturated rings. The van der Waals surface area contributed by atoms with Gasteiger partial charge in [-0.3, -0.25) is 15.0 Å². The van der Waals surface area contributed by atoms with E-state index in [2.05, 4.69) is 31.1 Å². The Morgan fingerprint density at radius 1 is 1.15 bits per heavy atom. The minimum atomic E-state index is -1.44. The summed E-state index contributed by atoms with van der Waals surface area (Å²) in [5.41, 5.74) is 2.12. The molecule has 0 bridgehead atoms. The van der Waals surface area contributed by atoms with Crippen LogP contribution in [0.3, 0.4) is 0 Å². The molecule has 7 nitrogen and oxygen atoms in total. The first-order valence-electron chi connectivity index (χ1n) is 9.73. The summed E-state index contributed by atoms with van der Waals surface area (Å²) in [7, 11) is 2.04. The topological polar surface area (TPSA) is 65.4 Å². The van der Waals surface area contributed by atoms with Crippen molar-refractivity contribution in [2.75, 3.05) is 31.1 Å². The fourth-order valence-electron chi connectivity index (χ4n) is 4.31. The zero-order valence-electron chi connectivity index (χ0n) is 15.4. The molecule has 144 valence electrons. The number of carbonyl (C=O) groups excluding carboxylic acids is 1. The quantitative estimate of drug-likeness (QED) is 0.835. The zero-order valence-corrected chi connectivity index (χ0v) is 15.4. The number of amides is 1. The van der Waals surface area contributed by atoms with E-state index in [4.69, 9.17) is 4.98 Å². The van der Waals surface area contributed by atoms with Gasteiger partial charge < -0.3 is 14.8 Å². The van der Waals surface area contributed by atoms with Crippen LogP contribution in [0.5, 0.6) is 0 Å². The van der Waals surface area contributed by atoms with Gasteiger partial charge in [0.1, 0.15) is 6.29 Å². The Morgan fingerprint density at radius 3 is 2.59 bits per heavy atom. The average Bonchev–Trinajstić information content (AvgIpc) is 3.48. The first kappa shape index (κ1) is 16.9. The molecule has 0 spiro atoms. The third-order valence-corrected chi connectivity index (χ3v) is 6.05. The number of carbonyl (C=O) groups is 1. The maximum absolute atomic E-state index is 14.2. The molecule has 27 heavy (non-hydrogen) atoms. The Hall–Kier alpha value is -2.19. The summed E-state index contributed by atoms with van der Waals surface area (Å²) in [4.78, 5) is 21.3. The molecule has 1 amide bonds. The zero-order chi connectivity index (χ0) is 18.5. The third-order valence-electron chi connectivity index (χ3n) is 6.05. The second-order valence-electron chi connectivity index (χ2n) is 7.83. The molecule has 1 aromatic carbocycles. The molecule has 8 heteroatoms. The molecule has 5 rings (SSSR count). The molecular weight excluding hydrogens is 347 g/mol. The number of aromatic nitrogens is 2. The monoisotopic (exact) mass is 372 g/mol. The van der Waals surface area contributed by atoms with Gasteiger partial charge in [-0.15, -0.1) is 0 Å². The molecule has 1 aliphatic carbocycles. The fourth-order valence-corrected chi connectivity index (χ4v) is 4.31. The second kappa shape index (κ2) is 6.45. The summed E-state index contributed by atoms with van der Waals surface area (Å²) in [5, 5.41) is 6.13. The van der Waals surface area contributed by atoms with Gasteiger partial charge >= 0.3 is 0 Å². The molecule has 2 aliphatic heterocycles. The maximum Gasteiger partial charge on any atom is 0.258 e. The number of alkyl halides is 1. The number of hydrogen-bond donors (Lipinski definition) is 2. The standard InChI is InChI=1S/C19H25FN6O/c1-24-14-5-3-2-4-13(14)21-19(24)26-10-8-25(9-11-26)18-22-16(12-6-7-12)15(20)17(27)23-18/h2-5,12,15-16,18,22H,6-11H2,1H3,(H,23,27). The van der Waals surface area contributed by atoms with E-state index in [-0.39, 0.29) is 12.3 Å². The number of nitrogens with zero attached hydrogens (tertiary/aromatic N) is 4. The summed E-state index contributed by atoms with van der Waals surface area (Å²) in [6.45, 7) is 3.21. The summed E-state index contributed by atoms with van der Waals surface area (Å²) >= 11 is 0.